The summed E-state index contributed by atoms with van der Waals surface area (Å²) in [7, 11) is 0. The molecule has 222 valence electrons. The van der Waals surface area contributed by atoms with Crippen LogP contribution in [0.3, 0.4) is 0 Å². The Kier molecular flexibility index (Phi) is 8.93. The predicted octanol–water partition coefficient (Wildman–Crippen LogP) is 9.58. The van der Waals surface area contributed by atoms with E-state index in [4.69, 9.17) is 8.88 Å². The lowest BCUT2D eigenvalue weighted by Gasteiger charge is -2.24. The average molecular weight is 705 g/mol. The van der Waals surface area contributed by atoms with E-state index >= 15 is 0 Å². The SMILES string of the molecule is Cc1c(C2=CC(C(/C=C\N)=C/F)=CN=I2)c(C)c(-c2cncc(-c3ccncc3)c2)c(C)c1-c1cncc(-c2ccncc2)c1. The number of benzene rings is 1. The minimum Gasteiger partial charge on any atom is -0.405 e. The second-order valence-electron chi connectivity index (χ2n) is 10.6. The first-order chi connectivity index (χ1) is 22.0. The van der Waals surface area contributed by atoms with Gasteiger partial charge in [0.15, 0.2) is 0 Å². The first-order valence-electron chi connectivity index (χ1n) is 14.3. The quantitative estimate of drug-likeness (QED) is 0.135. The Bertz CT molecular complexity index is 1940. The molecule has 0 amide bonds. The van der Waals surface area contributed by atoms with Crippen molar-refractivity contribution in [3.63, 3.8) is 0 Å². The van der Waals surface area contributed by atoms with Crippen molar-refractivity contribution in [2.75, 3.05) is 0 Å². The van der Waals surface area contributed by atoms with Crippen molar-refractivity contribution < 1.29 is 4.39 Å². The Labute approximate surface area is 272 Å². The third-order valence-corrected chi connectivity index (χ3v) is 9.83. The number of rotatable bonds is 7. The minimum absolute atomic E-state index is 0.383. The number of aromatic nitrogens is 4. The Morgan fingerprint density at radius 3 is 1.64 bits per heavy atom. The zero-order valence-electron chi connectivity index (χ0n) is 25.0. The number of hydrogen-bond acceptors (Lipinski definition) is 6. The molecule has 0 unspecified atom stereocenters. The summed E-state index contributed by atoms with van der Waals surface area (Å²) >= 11 is -0.734. The summed E-state index contributed by atoms with van der Waals surface area (Å²) in [6.07, 6.45) is 22.0. The third-order valence-electron chi connectivity index (χ3n) is 7.91. The van der Waals surface area contributed by atoms with Crippen LogP contribution < -0.4 is 5.73 Å². The van der Waals surface area contributed by atoms with Crippen LogP contribution in [0.4, 0.5) is 4.39 Å². The van der Waals surface area contributed by atoms with Crippen molar-refractivity contribution in [2.45, 2.75) is 20.8 Å². The molecule has 1 aliphatic heterocycles. The lowest BCUT2D eigenvalue weighted by molar-refractivity contribution is 0.715. The van der Waals surface area contributed by atoms with Crippen molar-refractivity contribution in [3.8, 4) is 44.5 Å². The highest BCUT2D eigenvalue weighted by molar-refractivity contribution is 14.2. The average Bonchev–Trinajstić information content (AvgIpc) is 3.08. The van der Waals surface area contributed by atoms with Crippen molar-refractivity contribution in [3.05, 3.63) is 150 Å². The van der Waals surface area contributed by atoms with Crippen molar-refractivity contribution >= 4 is 24.6 Å². The van der Waals surface area contributed by atoms with Gasteiger partial charge in [-0.05, 0) is 120 Å². The molecule has 0 aliphatic carbocycles. The second-order valence-corrected chi connectivity index (χ2v) is 12.8. The Balaban J connectivity index is 1.62. The van der Waals surface area contributed by atoms with Gasteiger partial charge in [-0.3, -0.25) is 19.9 Å². The zero-order valence-corrected chi connectivity index (χ0v) is 27.2. The zero-order chi connectivity index (χ0) is 31.3. The van der Waals surface area contributed by atoms with E-state index < -0.39 is 21.0 Å². The lowest BCUT2D eigenvalue weighted by atomic mass is 9.82. The van der Waals surface area contributed by atoms with Gasteiger partial charge in [-0.15, -0.1) is 0 Å². The van der Waals surface area contributed by atoms with Crippen LogP contribution in [0.5, 0.6) is 0 Å². The van der Waals surface area contributed by atoms with Crippen LogP contribution in [0.1, 0.15) is 22.3 Å². The molecule has 0 fully saturated rings. The van der Waals surface area contributed by atoms with Gasteiger partial charge in [0, 0.05) is 114 Å². The van der Waals surface area contributed by atoms with Gasteiger partial charge >= 0.3 is 0 Å². The smallest absolute Gasteiger partial charge is 0.0946 e. The van der Waals surface area contributed by atoms with Crippen LogP contribution in [-0.4, -0.2) is 19.9 Å². The Hall–Kier alpha value is -4.96. The molecule has 5 heterocycles. The van der Waals surface area contributed by atoms with Gasteiger partial charge in [0.05, 0.1) is 6.33 Å². The number of hydrogen-bond donors (Lipinski definition) is 1. The van der Waals surface area contributed by atoms with Crippen LogP contribution >= 0.6 is 21.0 Å². The Morgan fingerprint density at radius 2 is 1.16 bits per heavy atom. The van der Waals surface area contributed by atoms with Crippen molar-refractivity contribution in [1.82, 2.24) is 19.9 Å². The summed E-state index contributed by atoms with van der Waals surface area (Å²) in [5.74, 6) is 0. The van der Waals surface area contributed by atoms with E-state index in [1.54, 1.807) is 37.1 Å². The van der Waals surface area contributed by atoms with Crippen molar-refractivity contribution in [1.29, 1.82) is 0 Å². The molecule has 0 radical (unpaired) electrons. The summed E-state index contributed by atoms with van der Waals surface area (Å²) in [5.41, 5.74) is 19.5. The van der Waals surface area contributed by atoms with E-state index in [1.807, 2.05) is 49.1 Å². The number of pyridine rings is 4. The maximum atomic E-state index is 13.9. The highest BCUT2D eigenvalue weighted by Crippen LogP contribution is 2.47. The van der Waals surface area contributed by atoms with Crippen molar-refractivity contribution in [2.24, 2.45) is 8.88 Å². The van der Waals surface area contributed by atoms with Crippen LogP contribution in [0, 0.1) is 20.8 Å². The second kappa shape index (κ2) is 13.4. The van der Waals surface area contributed by atoms with Gasteiger partial charge in [-0.2, -0.15) is 0 Å². The normalized spacial score (nSPS) is 13.4. The van der Waals surface area contributed by atoms with Gasteiger partial charge in [-0.1, -0.05) is 0 Å². The molecular formula is C37H30FIN6. The number of allylic oxidation sites excluding steroid dienone is 4. The lowest BCUT2D eigenvalue weighted by Crippen LogP contribution is -2.03. The molecule has 5 aromatic rings. The number of nitrogens with zero attached hydrogens (tertiary/aromatic N) is 5. The van der Waals surface area contributed by atoms with E-state index in [0.717, 1.165) is 70.3 Å². The molecule has 1 aliphatic rings. The van der Waals surface area contributed by atoms with E-state index in [0.29, 0.717) is 17.5 Å². The predicted molar refractivity (Wildman–Crippen MR) is 189 cm³/mol. The van der Waals surface area contributed by atoms with E-state index in [2.05, 4.69) is 58.9 Å². The molecule has 0 spiro atoms. The van der Waals surface area contributed by atoms with Crippen LogP contribution in [-0.2, 0) is 0 Å². The van der Waals surface area contributed by atoms with Gasteiger partial charge in [-0.25, -0.2) is 7.54 Å². The van der Waals surface area contributed by atoms with Gasteiger partial charge in [0.2, 0.25) is 0 Å². The van der Waals surface area contributed by atoms with Gasteiger partial charge < -0.3 is 5.73 Å². The summed E-state index contributed by atoms with van der Waals surface area (Å²) in [4.78, 5) is 17.7. The standard InChI is InChI=1S/C37H30FIN6/c1-23-35(32-14-29(18-43-20-32)26-5-10-41-11-6-26)24(2)37(34-16-31(22-45-39-34)28(17-38)4-9-40)25(3)36(23)33-15-30(19-44-21-33)27-7-12-42-13-8-27/h4-22H,40H2,1-3H3/b9-4-,28-17+. The first kappa shape index (κ1) is 30.1. The van der Waals surface area contributed by atoms with Crippen LogP contribution in [0.15, 0.2) is 131 Å². The highest BCUT2D eigenvalue weighted by Gasteiger charge is 2.23. The maximum Gasteiger partial charge on any atom is 0.0946 e. The summed E-state index contributed by atoms with van der Waals surface area (Å²) < 4.78 is 19.8. The molecule has 4 aromatic heterocycles. The fraction of sp³-hybridized carbons (Fsp3) is 0.0811. The van der Waals surface area contributed by atoms with Crippen LogP contribution in [0.2, 0.25) is 0 Å². The molecule has 0 atom stereocenters. The molecule has 6 nitrogen and oxygen atoms in total. The molecule has 0 bridgehead atoms. The molecule has 6 rings (SSSR count). The first-order valence-corrected chi connectivity index (χ1v) is 16.4. The van der Waals surface area contributed by atoms with E-state index in [-0.39, 0.29) is 0 Å². The highest BCUT2D eigenvalue weighted by atomic mass is 127. The Morgan fingerprint density at radius 1 is 0.667 bits per heavy atom. The monoisotopic (exact) mass is 704 g/mol. The number of nitrogens with two attached hydrogens (primary N) is 1. The third kappa shape index (κ3) is 6.06. The van der Waals surface area contributed by atoms with Gasteiger partial charge in [0.25, 0.3) is 0 Å². The van der Waals surface area contributed by atoms with Crippen LogP contribution in [0.25, 0.3) is 48.1 Å². The fourth-order valence-electron chi connectivity index (χ4n) is 5.90. The summed E-state index contributed by atoms with van der Waals surface area (Å²) in [6.45, 7) is 6.49. The number of halogens is 2. The van der Waals surface area contributed by atoms with E-state index in [1.165, 1.54) is 6.20 Å². The topological polar surface area (TPSA) is 89.9 Å². The van der Waals surface area contributed by atoms with E-state index in [9.17, 15) is 4.39 Å². The molecule has 45 heavy (non-hydrogen) atoms. The molecular weight excluding hydrogens is 674 g/mol. The molecule has 8 heteroatoms. The molecule has 2 N–H and O–H groups in total. The molecule has 0 saturated carbocycles. The molecule has 0 saturated heterocycles. The van der Waals surface area contributed by atoms with Gasteiger partial charge in [0.1, 0.15) is 0 Å². The molecule has 1 aromatic carbocycles. The summed E-state index contributed by atoms with van der Waals surface area (Å²) in [5, 5.41) is 0. The maximum absolute atomic E-state index is 13.9. The minimum atomic E-state index is -0.734. The summed E-state index contributed by atoms with van der Waals surface area (Å²) in [6, 6.07) is 12.3. The fourth-order valence-corrected chi connectivity index (χ4v) is 8.16. The largest absolute Gasteiger partial charge is 0.405 e.